The highest BCUT2D eigenvalue weighted by Crippen LogP contribution is 2.32. The van der Waals surface area contributed by atoms with E-state index in [2.05, 4.69) is 15.1 Å². The first-order valence-corrected chi connectivity index (χ1v) is 7.88. The maximum absolute atomic E-state index is 13.3. The maximum Gasteiger partial charge on any atom is 0.416 e. The Balaban J connectivity index is 2.01. The Bertz CT molecular complexity index is 1070. The van der Waals surface area contributed by atoms with E-state index in [9.17, 15) is 22.4 Å². The number of nitrogens with zero attached hydrogens (tertiary/aromatic N) is 4. The number of carbonyl (C=O) groups excluding carboxylic acids is 1. The largest absolute Gasteiger partial charge is 0.416 e. The number of alkyl halides is 3. The van der Waals surface area contributed by atoms with E-state index in [0.717, 1.165) is 22.9 Å². The van der Waals surface area contributed by atoms with Crippen LogP contribution >= 0.6 is 0 Å². The Morgan fingerprint density at radius 2 is 1.96 bits per heavy atom. The smallest absolute Gasteiger partial charge is 0.365 e. The van der Waals surface area contributed by atoms with Crippen molar-refractivity contribution in [3.8, 4) is 11.4 Å². The first-order valence-electron chi connectivity index (χ1n) is 7.88. The Morgan fingerprint density at radius 1 is 1.21 bits per heavy atom. The summed E-state index contributed by atoms with van der Waals surface area (Å²) in [5.41, 5.74) is 4.88. The van der Waals surface area contributed by atoms with Gasteiger partial charge in [0.15, 0.2) is 5.82 Å². The minimum atomic E-state index is -4.51. The quantitative estimate of drug-likeness (QED) is 0.420. The van der Waals surface area contributed by atoms with Gasteiger partial charge in [0, 0.05) is 11.8 Å². The summed E-state index contributed by atoms with van der Waals surface area (Å²) in [6.45, 7) is 1.52. The summed E-state index contributed by atoms with van der Waals surface area (Å²) < 4.78 is 53.4. The molecule has 3 aromatic rings. The van der Waals surface area contributed by atoms with Crippen LogP contribution in [0.1, 0.15) is 16.8 Å². The Hall–Kier alpha value is -3.56. The van der Waals surface area contributed by atoms with Crippen molar-refractivity contribution >= 4 is 17.7 Å². The van der Waals surface area contributed by atoms with Gasteiger partial charge in [-0.3, -0.25) is 4.79 Å². The van der Waals surface area contributed by atoms with Gasteiger partial charge in [-0.25, -0.2) is 14.6 Å². The van der Waals surface area contributed by atoms with E-state index in [1.807, 2.05) is 0 Å². The van der Waals surface area contributed by atoms with E-state index in [0.29, 0.717) is 5.56 Å². The predicted octanol–water partition coefficient (Wildman–Crippen LogP) is 3.29. The van der Waals surface area contributed by atoms with Gasteiger partial charge in [-0.05, 0) is 42.8 Å². The van der Waals surface area contributed by atoms with Crippen molar-refractivity contribution in [3.05, 3.63) is 65.5 Å². The summed E-state index contributed by atoms with van der Waals surface area (Å²) in [6.07, 6.45) is -2.15. The zero-order valence-corrected chi connectivity index (χ0v) is 14.4. The molecule has 2 heterocycles. The molecule has 0 unspecified atom stereocenters. The molecule has 0 aliphatic rings. The van der Waals surface area contributed by atoms with Crippen LogP contribution < -0.4 is 5.73 Å². The average molecular weight is 391 g/mol. The minimum absolute atomic E-state index is 0.0144. The third-order valence-corrected chi connectivity index (χ3v) is 3.69. The molecule has 6 nitrogen and oxygen atoms in total. The second-order valence-electron chi connectivity index (χ2n) is 5.89. The van der Waals surface area contributed by atoms with Gasteiger partial charge in [0.25, 0.3) is 5.91 Å². The van der Waals surface area contributed by atoms with Crippen LogP contribution in [0.3, 0.4) is 0 Å². The molecule has 144 valence electrons. The minimum Gasteiger partial charge on any atom is -0.365 e. The molecule has 0 saturated heterocycles. The molecule has 0 saturated carbocycles. The number of aromatic nitrogens is 4. The number of aryl methyl sites for hydroxylation is 1. The van der Waals surface area contributed by atoms with Gasteiger partial charge in [-0.1, -0.05) is 6.07 Å². The summed E-state index contributed by atoms with van der Waals surface area (Å²) in [7, 11) is 0. The summed E-state index contributed by atoms with van der Waals surface area (Å²) in [6, 6.07) is 7.29. The zero-order chi connectivity index (χ0) is 20.5. The molecule has 0 spiro atoms. The van der Waals surface area contributed by atoms with Crippen molar-refractivity contribution in [1.29, 1.82) is 0 Å². The second-order valence-corrected chi connectivity index (χ2v) is 5.89. The molecule has 2 aromatic heterocycles. The lowest BCUT2D eigenvalue weighted by atomic mass is 10.1. The number of halogens is 4. The molecule has 3 rings (SSSR count). The fourth-order valence-corrected chi connectivity index (χ4v) is 2.49. The first kappa shape index (κ1) is 19.2. The number of hydrogen-bond acceptors (Lipinski definition) is 4. The predicted molar refractivity (Wildman–Crippen MR) is 92.8 cm³/mol. The van der Waals surface area contributed by atoms with Gasteiger partial charge < -0.3 is 5.73 Å². The highest BCUT2D eigenvalue weighted by Gasteiger charge is 2.31. The Kier molecular flexibility index (Phi) is 4.95. The van der Waals surface area contributed by atoms with Crippen molar-refractivity contribution in [3.63, 3.8) is 0 Å². The average Bonchev–Trinajstić information content (AvgIpc) is 3.07. The van der Waals surface area contributed by atoms with E-state index in [1.54, 1.807) is 0 Å². The highest BCUT2D eigenvalue weighted by molar-refractivity contribution is 6.21. The highest BCUT2D eigenvalue weighted by atomic mass is 19.4. The molecule has 0 bridgehead atoms. The first-order chi connectivity index (χ1) is 13.1. The number of primary amides is 1. The maximum atomic E-state index is 13.3. The van der Waals surface area contributed by atoms with Crippen LogP contribution in [-0.4, -0.2) is 25.7 Å². The molecule has 0 radical (unpaired) electrons. The van der Waals surface area contributed by atoms with Crippen molar-refractivity contribution in [1.82, 2.24) is 19.7 Å². The van der Waals surface area contributed by atoms with E-state index in [1.165, 1.54) is 37.7 Å². The van der Waals surface area contributed by atoms with Crippen LogP contribution in [-0.2, 0) is 11.0 Å². The summed E-state index contributed by atoms with van der Waals surface area (Å²) >= 11 is 0. The van der Waals surface area contributed by atoms with Crippen molar-refractivity contribution < 1.29 is 22.4 Å². The monoisotopic (exact) mass is 391 g/mol. The van der Waals surface area contributed by atoms with Gasteiger partial charge in [0.05, 0.1) is 16.8 Å². The van der Waals surface area contributed by atoms with Gasteiger partial charge in [0.1, 0.15) is 6.33 Å². The molecule has 1 aromatic carbocycles. The summed E-state index contributed by atoms with van der Waals surface area (Å²) in [5.74, 6) is -1.67. The number of nitrogens with two attached hydrogens (primary N) is 1. The molecule has 0 fully saturated rings. The molecular weight excluding hydrogens is 378 g/mol. The van der Waals surface area contributed by atoms with Gasteiger partial charge in [-0.15, -0.1) is 5.10 Å². The lowest BCUT2D eigenvalue weighted by Gasteiger charge is -2.09. The third-order valence-electron chi connectivity index (χ3n) is 3.69. The van der Waals surface area contributed by atoms with Crippen molar-refractivity contribution in [2.45, 2.75) is 13.1 Å². The lowest BCUT2D eigenvalue weighted by Crippen LogP contribution is -2.15. The third kappa shape index (κ3) is 4.22. The number of rotatable bonds is 4. The van der Waals surface area contributed by atoms with Crippen molar-refractivity contribution in [2.75, 3.05) is 0 Å². The Labute approximate surface area is 156 Å². The number of benzene rings is 1. The van der Waals surface area contributed by atoms with Crippen molar-refractivity contribution in [2.24, 2.45) is 5.73 Å². The van der Waals surface area contributed by atoms with E-state index in [-0.39, 0.29) is 22.7 Å². The molecule has 0 aliphatic carbocycles. The molecule has 0 aliphatic heterocycles. The Morgan fingerprint density at radius 3 is 2.61 bits per heavy atom. The standard InChI is InChI=1S/C18H13F4N5O/c1-10-5-11(7-12(6-10)18(20,21)22)17-24-9-27(26-17)8-13(16(23)28)14-3-2-4-15(19)25-14/h2-9H,1H3,(H2,23,28)/b13-8+. The topological polar surface area (TPSA) is 86.7 Å². The summed E-state index contributed by atoms with van der Waals surface area (Å²) in [4.78, 5) is 19.2. The fraction of sp³-hybridized carbons (Fsp3) is 0.111. The fourth-order valence-electron chi connectivity index (χ4n) is 2.49. The zero-order valence-electron chi connectivity index (χ0n) is 14.4. The van der Waals surface area contributed by atoms with Gasteiger partial charge >= 0.3 is 6.18 Å². The molecule has 1 amide bonds. The number of amides is 1. The number of hydrogen-bond donors (Lipinski definition) is 1. The molecule has 10 heteroatoms. The number of pyridine rings is 1. The summed E-state index contributed by atoms with van der Waals surface area (Å²) in [5, 5.41) is 4.05. The lowest BCUT2D eigenvalue weighted by molar-refractivity contribution is -0.137. The van der Waals surface area contributed by atoms with E-state index >= 15 is 0 Å². The molecule has 0 atom stereocenters. The second kappa shape index (κ2) is 7.22. The van der Waals surface area contributed by atoms with Crippen LogP contribution in [0.5, 0.6) is 0 Å². The van der Waals surface area contributed by atoms with Gasteiger partial charge in [-0.2, -0.15) is 17.6 Å². The van der Waals surface area contributed by atoms with E-state index < -0.39 is 23.6 Å². The van der Waals surface area contributed by atoms with Crippen LogP contribution in [0.15, 0.2) is 42.7 Å². The molecular formula is C18H13F4N5O. The molecule has 28 heavy (non-hydrogen) atoms. The van der Waals surface area contributed by atoms with Gasteiger partial charge in [0.2, 0.25) is 5.95 Å². The van der Waals surface area contributed by atoms with E-state index in [4.69, 9.17) is 5.73 Å². The molecule has 2 N–H and O–H groups in total. The number of carbonyl (C=O) groups is 1. The van der Waals surface area contributed by atoms with Crippen LogP contribution in [0.4, 0.5) is 17.6 Å². The normalized spacial score (nSPS) is 12.2. The van der Waals surface area contributed by atoms with Crippen LogP contribution in [0, 0.1) is 12.9 Å². The SMILES string of the molecule is Cc1cc(-c2ncn(/C=C(/C(N)=O)c3cccc(F)n3)n2)cc(C(F)(F)F)c1. The van der Waals surface area contributed by atoms with Crippen LogP contribution in [0.2, 0.25) is 0 Å². The van der Waals surface area contributed by atoms with Crippen LogP contribution in [0.25, 0.3) is 23.2 Å².